The fraction of sp³-hybridized carbons (Fsp3) is 0.353. The van der Waals surface area contributed by atoms with Crippen molar-refractivity contribution in [3.05, 3.63) is 48.0 Å². The van der Waals surface area contributed by atoms with Crippen molar-refractivity contribution < 1.29 is 22.3 Å². The Bertz CT molecular complexity index is 720. The molecule has 0 bridgehead atoms. The maximum absolute atomic E-state index is 12.6. The first-order valence-electron chi connectivity index (χ1n) is 7.53. The second-order valence-corrected chi connectivity index (χ2v) is 5.56. The van der Waals surface area contributed by atoms with Crippen LogP contribution < -0.4 is 4.74 Å². The van der Waals surface area contributed by atoms with Gasteiger partial charge in [0.05, 0.1) is 19.9 Å². The number of hydrogen-bond acceptors (Lipinski definition) is 4. The molecule has 0 atom stereocenters. The highest BCUT2D eigenvalue weighted by molar-refractivity contribution is 5.57. The van der Waals surface area contributed by atoms with Gasteiger partial charge in [0.2, 0.25) is 5.89 Å². The van der Waals surface area contributed by atoms with Crippen molar-refractivity contribution in [2.75, 3.05) is 20.2 Å². The smallest absolute Gasteiger partial charge is 0.412 e. The number of rotatable bonds is 4. The van der Waals surface area contributed by atoms with Crippen molar-refractivity contribution in [1.82, 2.24) is 9.88 Å². The van der Waals surface area contributed by atoms with E-state index in [2.05, 4.69) is 4.98 Å². The highest BCUT2D eigenvalue weighted by Crippen LogP contribution is 2.30. The first kappa shape index (κ1) is 16.6. The average molecular weight is 338 g/mol. The zero-order valence-corrected chi connectivity index (χ0v) is 13.1. The summed E-state index contributed by atoms with van der Waals surface area (Å²) >= 11 is 0. The molecule has 4 nitrogen and oxygen atoms in total. The summed E-state index contributed by atoms with van der Waals surface area (Å²) in [5.74, 6) is 1.86. The summed E-state index contributed by atoms with van der Waals surface area (Å²) < 4.78 is 48.6. The number of hydrogen-bond donors (Lipinski definition) is 0. The molecule has 2 aromatic rings. The van der Waals surface area contributed by atoms with Gasteiger partial charge >= 0.3 is 6.18 Å². The highest BCUT2D eigenvalue weighted by Gasteiger charge is 2.34. The number of methoxy groups -OCH3 is 1. The van der Waals surface area contributed by atoms with E-state index >= 15 is 0 Å². The van der Waals surface area contributed by atoms with Crippen molar-refractivity contribution in [3.8, 4) is 17.1 Å². The molecule has 0 amide bonds. The Morgan fingerprint density at radius 3 is 2.58 bits per heavy atom. The zero-order valence-electron chi connectivity index (χ0n) is 13.1. The predicted molar refractivity (Wildman–Crippen MR) is 82.5 cm³/mol. The molecule has 1 aromatic carbocycles. The van der Waals surface area contributed by atoms with Gasteiger partial charge in [-0.05, 0) is 30.7 Å². The largest absolute Gasteiger partial charge is 0.497 e. The molecule has 0 fully saturated rings. The lowest BCUT2D eigenvalue weighted by Gasteiger charge is -2.25. The third-order valence-electron chi connectivity index (χ3n) is 3.94. The van der Waals surface area contributed by atoms with Gasteiger partial charge in [0.15, 0.2) is 5.76 Å². The van der Waals surface area contributed by atoms with Gasteiger partial charge in [-0.15, -0.1) is 0 Å². The van der Waals surface area contributed by atoms with Crippen molar-refractivity contribution in [3.63, 3.8) is 0 Å². The number of oxazole rings is 1. The molecule has 0 spiro atoms. The molecule has 2 heterocycles. The van der Waals surface area contributed by atoms with Crippen molar-refractivity contribution in [1.29, 1.82) is 0 Å². The quantitative estimate of drug-likeness (QED) is 0.789. The highest BCUT2D eigenvalue weighted by atomic mass is 19.4. The van der Waals surface area contributed by atoms with Crippen LogP contribution in [0.1, 0.15) is 12.3 Å². The van der Waals surface area contributed by atoms with Gasteiger partial charge in [0.25, 0.3) is 0 Å². The second-order valence-electron chi connectivity index (χ2n) is 5.56. The van der Waals surface area contributed by atoms with E-state index in [1.807, 2.05) is 29.2 Å². The van der Waals surface area contributed by atoms with Gasteiger partial charge in [-0.3, -0.25) is 4.90 Å². The third kappa shape index (κ3) is 3.79. The Morgan fingerprint density at radius 2 is 2.00 bits per heavy atom. The van der Waals surface area contributed by atoms with Crippen molar-refractivity contribution in [2.24, 2.45) is 0 Å². The van der Waals surface area contributed by atoms with Crippen LogP contribution in [-0.2, 0) is 6.54 Å². The van der Waals surface area contributed by atoms with Gasteiger partial charge in [0, 0.05) is 24.2 Å². The van der Waals surface area contributed by atoms with Crippen LogP contribution in [0.5, 0.6) is 5.75 Å². The summed E-state index contributed by atoms with van der Waals surface area (Å²) in [6.07, 6.45) is -1.37. The van der Waals surface area contributed by atoms with Gasteiger partial charge in [-0.25, -0.2) is 4.98 Å². The van der Waals surface area contributed by atoms with Crippen LogP contribution in [0.15, 0.2) is 46.5 Å². The Morgan fingerprint density at radius 1 is 1.25 bits per heavy atom. The van der Waals surface area contributed by atoms with Crippen LogP contribution in [0.3, 0.4) is 0 Å². The van der Waals surface area contributed by atoms with Crippen LogP contribution in [0, 0.1) is 0 Å². The minimum Gasteiger partial charge on any atom is -0.497 e. The molecule has 0 saturated carbocycles. The average Bonchev–Trinajstić information content (AvgIpc) is 3.03. The molecule has 1 aliphatic rings. The molecule has 0 saturated heterocycles. The number of aromatic nitrogens is 1. The first-order valence-corrected chi connectivity index (χ1v) is 7.53. The lowest BCUT2D eigenvalue weighted by atomic mass is 10.1. The second kappa shape index (κ2) is 6.68. The minimum atomic E-state index is -4.23. The lowest BCUT2D eigenvalue weighted by Crippen LogP contribution is -2.31. The number of ether oxygens (including phenoxy) is 1. The summed E-state index contributed by atoms with van der Waals surface area (Å²) in [7, 11) is 1.60. The molecule has 0 radical (unpaired) electrons. The summed E-state index contributed by atoms with van der Waals surface area (Å²) in [6, 6.07) is 7.38. The van der Waals surface area contributed by atoms with E-state index in [0.29, 0.717) is 24.7 Å². The van der Waals surface area contributed by atoms with E-state index in [1.165, 1.54) is 6.08 Å². The molecule has 7 heteroatoms. The van der Waals surface area contributed by atoms with E-state index in [0.717, 1.165) is 11.3 Å². The maximum atomic E-state index is 12.6. The minimum absolute atomic E-state index is 0.00442. The maximum Gasteiger partial charge on any atom is 0.412 e. The Kier molecular flexibility index (Phi) is 4.62. The molecule has 0 aliphatic carbocycles. The van der Waals surface area contributed by atoms with Crippen LogP contribution in [0.4, 0.5) is 13.2 Å². The normalized spacial score (nSPS) is 16.1. The van der Waals surface area contributed by atoms with Gasteiger partial charge in [0.1, 0.15) is 5.75 Å². The van der Waals surface area contributed by atoms with E-state index in [4.69, 9.17) is 9.15 Å². The molecular weight excluding hydrogens is 321 g/mol. The summed E-state index contributed by atoms with van der Waals surface area (Å²) in [4.78, 5) is 6.09. The third-order valence-corrected chi connectivity index (χ3v) is 3.94. The first-order chi connectivity index (χ1) is 11.5. The fourth-order valence-corrected chi connectivity index (χ4v) is 2.58. The number of alkyl halides is 3. The zero-order chi connectivity index (χ0) is 17.2. The van der Waals surface area contributed by atoms with Gasteiger partial charge < -0.3 is 9.15 Å². The molecule has 128 valence electrons. The SMILES string of the molecule is COc1ccc(-c2cnc(CN3CC=C(C(F)(F)F)CC3)o2)cc1. The fourth-order valence-electron chi connectivity index (χ4n) is 2.58. The van der Waals surface area contributed by atoms with E-state index in [9.17, 15) is 13.2 Å². The van der Waals surface area contributed by atoms with E-state index in [1.54, 1.807) is 13.3 Å². The Labute approximate surface area is 137 Å². The molecule has 24 heavy (non-hydrogen) atoms. The molecule has 1 aromatic heterocycles. The van der Waals surface area contributed by atoms with E-state index < -0.39 is 11.7 Å². The van der Waals surface area contributed by atoms with Gasteiger partial charge in [-0.1, -0.05) is 6.08 Å². The van der Waals surface area contributed by atoms with Crippen LogP contribution >= 0.6 is 0 Å². The number of halogens is 3. The molecule has 1 aliphatic heterocycles. The Balaban J connectivity index is 1.63. The topological polar surface area (TPSA) is 38.5 Å². The summed E-state index contributed by atoms with van der Waals surface area (Å²) in [6.45, 7) is 0.971. The Hall–Kier alpha value is -2.28. The monoisotopic (exact) mass is 338 g/mol. The van der Waals surface area contributed by atoms with Gasteiger partial charge in [-0.2, -0.15) is 13.2 Å². The van der Waals surface area contributed by atoms with Crippen molar-refractivity contribution >= 4 is 0 Å². The predicted octanol–water partition coefficient (Wildman–Crippen LogP) is 4.04. The summed E-state index contributed by atoms with van der Waals surface area (Å²) in [5.41, 5.74) is 0.414. The molecular formula is C17H17F3N2O2. The lowest BCUT2D eigenvalue weighted by molar-refractivity contribution is -0.0961. The van der Waals surface area contributed by atoms with Crippen LogP contribution in [0.2, 0.25) is 0 Å². The molecule has 0 N–H and O–H groups in total. The molecule has 0 unspecified atom stereocenters. The summed E-state index contributed by atoms with van der Waals surface area (Å²) in [5, 5.41) is 0. The van der Waals surface area contributed by atoms with E-state index in [-0.39, 0.29) is 13.0 Å². The number of benzene rings is 1. The van der Waals surface area contributed by atoms with Crippen molar-refractivity contribution in [2.45, 2.75) is 19.1 Å². The van der Waals surface area contributed by atoms with Crippen LogP contribution in [-0.4, -0.2) is 36.3 Å². The number of nitrogens with zero attached hydrogens (tertiary/aromatic N) is 2. The van der Waals surface area contributed by atoms with Crippen LogP contribution in [0.25, 0.3) is 11.3 Å². The standard InChI is InChI=1S/C17H17F3N2O2/c1-23-14-4-2-12(3-5-14)15-10-21-16(24-15)11-22-8-6-13(7-9-22)17(18,19)20/h2-6,10H,7-9,11H2,1H3. The molecule has 3 rings (SSSR count).